The van der Waals surface area contributed by atoms with Crippen LogP contribution in [0, 0.1) is 6.92 Å². The zero-order chi connectivity index (χ0) is 21.4. The van der Waals surface area contributed by atoms with Gasteiger partial charge in [0.2, 0.25) is 0 Å². The van der Waals surface area contributed by atoms with Crippen molar-refractivity contribution < 1.29 is 13.6 Å². The minimum absolute atomic E-state index is 0.0907. The number of rotatable bonds is 5. The summed E-state index contributed by atoms with van der Waals surface area (Å²) in [4.78, 5) is 13.6. The zero-order valence-electron chi connectivity index (χ0n) is 17.3. The summed E-state index contributed by atoms with van der Waals surface area (Å²) in [6.45, 7) is 5.87. The Labute approximate surface area is 177 Å². The van der Waals surface area contributed by atoms with E-state index in [1.54, 1.807) is 30.3 Å². The number of likely N-dealkylation sites (tertiary alicyclic amines) is 1. The van der Waals surface area contributed by atoms with E-state index in [9.17, 15) is 13.6 Å². The van der Waals surface area contributed by atoms with Crippen molar-refractivity contribution in [2.24, 2.45) is 0 Å². The molecule has 2 aromatic rings. The quantitative estimate of drug-likeness (QED) is 0.558. The van der Waals surface area contributed by atoms with Crippen molar-refractivity contribution in [2.45, 2.75) is 52.4 Å². The highest BCUT2D eigenvalue weighted by molar-refractivity contribution is 6.30. The van der Waals surface area contributed by atoms with Gasteiger partial charge >= 0.3 is 0 Å². The third kappa shape index (κ3) is 7.00. The molecule has 0 bridgehead atoms. The van der Waals surface area contributed by atoms with Gasteiger partial charge in [0.25, 0.3) is 11.8 Å². The van der Waals surface area contributed by atoms with E-state index in [1.165, 1.54) is 24.2 Å². The van der Waals surface area contributed by atoms with Crippen LogP contribution in [0.25, 0.3) is 0 Å². The van der Waals surface area contributed by atoms with Gasteiger partial charge in [-0.3, -0.25) is 4.79 Å². The monoisotopic (exact) mass is 422 g/mol. The van der Waals surface area contributed by atoms with Crippen LogP contribution in [-0.2, 0) is 0 Å². The van der Waals surface area contributed by atoms with Crippen molar-refractivity contribution in [3.63, 3.8) is 0 Å². The Hall–Kier alpha value is -2.14. The van der Waals surface area contributed by atoms with Crippen LogP contribution in [0.4, 0.5) is 20.2 Å². The number of amides is 1. The maximum absolute atomic E-state index is 13.3. The molecule has 0 radical (unpaired) electrons. The van der Waals surface area contributed by atoms with Crippen LogP contribution >= 0.6 is 11.6 Å². The Bertz CT molecular complexity index is 824. The lowest BCUT2D eigenvalue weighted by Crippen LogP contribution is -2.31. The lowest BCUT2D eigenvalue weighted by molar-refractivity contribution is 0.0120. The van der Waals surface area contributed by atoms with Crippen molar-refractivity contribution >= 4 is 28.9 Å². The first-order valence-corrected chi connectivity index (χ1v) is 10.4. The molecule has 6 heteroatoms. The molecule has 0 saturated carbocycles. The van der Waals surface area contributed by atoms with Gasteiger partial charge in [-0.25, -0.2) is 8.78 Å². The van der Waals surface area contributed by atoms with Gasteiger partial charge in [-0.05, 0) is 48.9 Å². The summed E-state index contributed by atoms with van der Waals surface area (Å²) in [5.41, 5.74) is 2.94. The topological polar surface area (TPSA) is 32.3 Å². The molecule has 1 amide bonds. The molecule has 1 saturated heterocycles. The van der Waals surface area contributed by atoms with Crippen molar-refractivity contribution in [3.05, 3.63) is 58.6 Å². The number of anilines is 2. The van der Waals surface area contributed by atoms with Crippen LogP contribution in [0.2, 0.25) is 5.02 Å². The first kappa shape index (κ1) is 23.1. The Kier molecular flexibility index (Phi) is 8.45. The number of carbonyl (C=O) groups is 1. The van der Waals surface area contributed by atoms with Crippen molar-refractivity contribution in [1.82, 2.24) is 4.90 Å². The van der Waals surface area contributed by atoms with E-state index < -0.39 is 12.5 Å². The summed E-state index contributed by atoms with van der Waals surface area (Å²) >= 11 is 5.96. The van der Waals surface area contributed by atoms with Crippen LogP contribution in [0.1, 0.15) is 55.5 Å². The average molecular weight is 423 g/mol. The molecule has 1 N–H and O–H groups in total. The number of hydrogen-bond acceptors (Lipinski definition) is 2. The summed E-state index contributed by atoms with van der Waals surface area (Å²) in [7, 11) is 0. The van der Waals surface area contributed by atoms with Gasteiger partial charge in [0.05, 0.1) is 6.54 Å². The Morgan fingerprint density at radius 2 is 1.90 bits per heavy atom. The molecule has 1 aliphatic rings. The largest absolute Gasteiger partial charge is 0.355 e. The van der Waals surface area contributed by atoms with E-state index in [-0.39, 0.29) is 18.9 Å². The molecule has 0 spiro atoms. The van der Waals surface area contributed by atoms with E-state index in [2.05, 4.69) is 19.2 Å². The fraction of sp³-hybridized carbons (Fsp3) is 0.435. The molecule has 1 fully saturated rings. The van der Waals surface area contributed by atoms with Crippen LogP contribution in [-0.4, -0.2) is 29.8 Å². The summed E-state index contributed by atoms with van der Waals surface area (Å²) in [5.74, 6) is -3.14. The van der Waals surface area contributed by atoms with Gasteiger partial charge in [0, 0.05) is 34.9 Å². The molecule has 0 atom stereocenters. The van der Waals surface area contributed by atoms with Crippen molar-refractivity contribution in [2.75, 3.05) is 18.4 Å². The second kappa shape index (κ2) is 10.6. The number of alkyl halides is 2. The number of aryl methyl sites for hydroxylation is 1. The Morgan fingerprint density at radius 1 is 1.17 bits per heavy atom. The minimum Gasteiger partial charge on any atom is -0.355 e. The van der Waals surface area contributed by atoms with E-state index in [0.717, 1.165) is 16.9 Å². The molecule has 0 unspecified atom stereocenters. The molecule has 158 valence electrons. The number of unbranched alkanes of at least 4 members (excludes halogenated alkanes) is 2. The molecule has 1 heterocycles. The van der Waals surface area contributed by atoms with Crippen molar-refractivity contribution in [3.8, 4) is 0 Å². The lowest BCUT2D eigenvalue weighted by atomic mass is 10.1. The summed E-state index contributed by atoms with van der Waals surface area (Å²) in [6.07, 6.45) is 3.80. The number of halogens is 3. The van der Waals surface area contributed by atoms with Crippen molar-refractivity contribution in [1.29, 1.82) is 0 Å². The smallest absolute Gasteiger partial charge is 0.267 e. The molecule has 0 aromatic heterocycles. The van der Waals surface area contributed by atoms with Gasteiger partial charge in [-0.15, -0.1) is 0 Å². The summed E-state index contributed by atoms with van der Waals surface area (Å²) < 4.78 is 26.5. The molecular formula is C23H29ClF2N2O. The van der Waals surface area contributed by atoms with Gasteiger partial charge in [0.15, 0.2) is 0 Å². The second-order valence-corrected chi connectivity index (χ2v) is 7.79. The predicted octanol–water partition coefficient (Wildman–Crippen LogP) is 7.07. The number of hydrogen-bond donors (Lipinski definition) is 1. The molecule has 0 aliphatic carbocycles. The standard InChI is InChI=1S/C18H17ClF2N2O.C5H12/c1-12-9-13(17(24)23-8-7-18(20,21)11-23)5-6-16(12)22-15-4-2-3-14(19)10-15;1-3-5-4-2/h2-6,9-10,22H,7-8,11H2,1H3;3-5H2,1-2H3. The fourth-order valence-corrected chi connectivity index (χ4v) is 3.29. The first-order chi connectivity index (χ1) is 13.8. The van der Waals surface area contributed by atoms with Crippen LogP contribution in [0.15, 0.2) is 42.5 Å². The molecule has 3 nitrogen and oxygen atoms in total. The molecular weight excluding hydrogens is 394 g/mol. The molecule has 1 aliphatic heterocycles. The normalized spacial score (nSPS) is 14.9. The van der Waals surface area contributed by atoms with Gasteiger partial charge in [-0.2, -0.15) is 0 Å². The highest BCUT2D eigenvalue weighted by Gasteiger charge is 2.40. The maximum Gasteiger partial charge on any atom is 0.267 e. The van der Waals surface area contributed by atoms with Gasteiger partial charge in [-0.1, -0.05) is 50.8 Å². The fourth-order valence-electron chi connectivity index (χ4n) is 3.10. The molecule has 2 aromatic carbocycles. The SMILES string of the molecule is CCCCC.Cc1cc(C(=O)N2CCC(F)(F)C2)ccc1Nc1cccc(Cl)c1. The van der Waals surface area contributed by atoms with Gasteiger partial charge in [0.1, 0.15) is 0 Å². The first-order valence-electron chi connectivity index (χ1n) is 10.1. The Balaban J connectivity index is 0.000000537. The van der Waals surface area contributed by atoms with E-state index in [0.29, 0.717) is 10.6 Å². The number of carbonyl (C=O) groups excluding carboxylic acids is 1. The number of benzene rings is 2. The second-order valence-electron chi connectivity index (χ2n) is 7.35. The third-order valence-corrected chi connectivity index (χ3v) is 4.98. The van der Waals surface area contributed by atoms with E-state index in [1.807, 2.05) is 19.1 Å². The number of nitrogens with zero attached hydrogens (tertiary/aromatic N) is 1. The number of nitrogens with one attached hydrogen (secondary N) is 1. The third-order valence-electron chi connectivity index (χ3n) is 4.74. The van der Waals surface area contributed by atoms with E-state index >= 15 is 0 Å². The summed E-state index contributed by atoms with van der Waals surface area (Å²) in [5, 5.41) is 3.86. The summed E-state index contributed by atoms with van der Waals surface area (Å²) in [6, 6.07) is 12.4. The van der Waals surface area contributed by atoms with Gasteiger partial charge < -0.3 is 10.2 Å². The highest BCUT2D eigenvalue weighted by Crippen LogP contribution is 2.29. The average Bonchev–Trinajstić information content (AvgIpc) is 3.04. The van der Waals surface area contributed by atoms with Crippen LogP contribution in [0.3, 0.4) is 0 Å². The van der Waals surface area contributed by atoms with E-state index in [4.69, 9.17) is 11.6 Å². The Morgan fingerprint density at radius 3 is 2.41 bits per heavy atom. The minimum atomic E-state index is -2.78. The predicted molar refractivity (Wildman–Crippen MR) is 117 cm³/mol. The van der Waals surface area contributed by atoms with Crippen LogP contribution in [0.5, 0.6) is 0 Å². The maximum atomic E-state index is 13.3. The molecule has 29 heavy (non-hydrogen) atoms. The highest BCUT2D eigenvalue weighted by atomic mass is 35.5. The zero-order valence-corrected chi connectivity index (χ0v) is 18.0. The molecule has 3 rings (SSSR count). The lowest BCUT2D eigenvalue weighted by Gasteiger charge is -2.17. The van der Waals surface area contributed by atoms with Crippen LogP contribution < -0.4 is 5.32 Å².